The van der Waals surface area contributed by atoms with Crippen LogP contribution in [0.5, 0.6) is 0 Å². The summed E-state index contributed by atoms with van der Waals surface area (Å²) in [5, 5.41) is 4.85. The van der Waals surface area contributed by atoms with E-state index in [-0.39, 0.29) is 23.6 Å². The molecule has 3 heterocycles. The van der Waals surface area contributed by atoms with Crippen molar-refractivity contribution in [3.05, 3.63) is 50.3 Å². The molecule has 0 saturated carbocycles. The smallest absolute Gasteiger partial charge is 0.251 e. The zero-order chi connectivity index (χ0) is 16.9. The van der Waals surface area contributed by atoms with Gasteiger partial charge < -0.3 is 19.8 Å². The fraction of sp³-hybridized carbons (Fsp3) is 0.438. The number of nitrogens with one attached hydrogen (secondary N) is 2. The van der Waals surface area contributed by atoms with Gasteiger partial charge in [-0.05, 0) is 19.4 Å². The Hall–Kier alpha value is -2.03. The van der Waals surface area contributed by atoms with Crippen LogP contribution < -0.4 is 10.9 Å². The van der Waals surface area contributed by atoms with Crippen LogP contribution >= 0.6 is 11.3 Å². The van der Waals surface area contributed by atoms with E-state index in [1.54, 1.807) is 18.5 Å². The highest BCUT2D eigenvalue weighted by atomic mass is 32.1. The largest absolute Gasteiger partial charge is 0.379 e. The first-order valence-electron chi connectivity index (χ1n) is 7.70. The maximum Gasteiger partial charge on any atom is 0.251 e. The Balaban J connectivity index is 1.64. The van der Waals surface area contributed by atoms with Crippen LogP contribution in [0.4, 0.5) is 0 Å². The van der Waals surface area contributed by atoms with Gasteiger partial charge in [0.15, 0.2) is 0 Å². The average Bonchev–Trinajstić information content (AvgIpc) is 3.06. The van der Waals surface area contributed by atoms with Gasteiger partial charge >= 0.3 is 0 Å². The average molecular weight is 349 g/mol. The number of aromatic amines is 1. The topological polar surface area (TPSA) is 93.3 Å². The lowest BCUT2D eigenvalue weighted by molar-refractivity contribution is -0.0611. The Morgan fingerprint density at radius 1 is 1.54 bits per heavy atom. The van der Waals surface area contributed by atoms with Crippen molar-refractivity contribution >= 4 is 17.2 Å². The molecule has 0 spiro atoms. The molecule has 128 valence electrons. The van der Waals surface area contributed by atoms with Crippen molar-refractivity contribution < 1.29 is 14.3 Å². The molecule has 0 aromatic carbocycles. The summed E-state index contributed by atoms with van der Waals surface area (Å²) >= 11 is 1.52. The molecule has 1 amide bonds. The van der Waals surface area contributed by atoms with Crippen molar-refractivity contribution in [3.63, 3.8) is 0 Å². The molecule has 1 fully saturated rings. The molecule has 2 N–H and O–H groups in total. The van der Waals surface area contributed by atoms with Crippen LogP contribution in [0.15, 0.2) is 27.8 Å². The highest BCUT2D eigenvalue weighted by Gasteiger charge is 2.28. The first kappa shape index (κ1) is 16.8. The number of carbonyl (C=O) groups is 1. The number of thiazole rings is 1. The number of aryl methyl sites for hydroxylation is 1. The molecule has 2 aromatic heterocycles. The van der Waals surface area contributed by atoms with Crippen LogP contribution in [0.2, 0.25) is 0 Å². The number of amides is 1. The van der Waals surface area contributed by atoms with Gasteiger partial charge in [-0.25, -0.2) is 4.98 Å². The summed E-state index contributed by atoms with van der Waals surface area (Å²) in [6, 6.07) is 2.67. The standard InChI is InChI=1S/C16H19N3O4S/c1-10-4-11(5-15(20)18-10)16(21)19-13-7-22-3-2-14(13)23-6-12-8-24-9-17-12/h4-5,8-9,13-14H,2-3,6-7H2,1H3,(H,18,20)(H,19,21)/t13-,14+/m1/s1. The SMILES string of the molecule is Cc1cc(C(=O)N[C@@H]2COCC[C@@H]2OCc2cscn2)cc(=O)[nH]1. The minimum Gasteiger partial charge on any atom is -0.379 e. The van der Waals surface area contributed by atoms with Crippen LogP contribution in [0.1, 0.15) is 28.2 Å². The van der Waals surface area contributed by atoms with E-state index in [0.29, 0.717) is 37.5 Å². The van der Waals surface area contributed by atoms with E-state index in [0.717, 1.165) is 5.69 Å². The van der Waals surface area contributed by atoms with Crippen molar-refractivity contribution in [2.75, 3.05) is 13.2 Å². The summed E-state index contributed by atoms with van der Waals surface area (Å²) in [4.78, 5) is 30.7. The first-order valence-corrected chi connectivity index (χ1v) is 8.64. The molecule has 2 atom stereocenters. The van der Waals surface area contributed by atoms with Gasteiger partial charge in [0.25, 0.3) is 5.91 Å². The summed E-state index contributed by atoms with van der Waals surface area (Å²) in [5.41, 5.74) is 3.32. The lowest BCUT2D eigenvalue weighted by atomic mass is 10.1. The van der Waals surface area contributed by atoms with Crippen molar-refractivity contribution in [2.24, 2.45) is 0 Å². The van der Waals surface area contributed by atoms with Crippen molar-refractivity contribution in [1.82, 2.24) is 15.3 Å². The number of carbonyl (C=O) groups excluding carboxylic acids is 1. The normalized spacial score (nSPS) is 20.7. The lowest BCUT2D eigenvalue weighted by Gasteiger charge is -2.32. The third-order valence-electron chi connectivity index (χ3n) is 3.78. The highest BCUT2D eigenvalue weighted by Crippen LogP contribution is 2.15. The maximum atomic E-state index is 12.4. The van der Waals surface area contributed by atoms with E-state index in [2.05, 4.69) is 15.3 Å². The number of pyridine rings is 1. The lowest BCUT2D eigenvalue weighted by Crippen LogP contribution is -2.50. The molecule has 3 rings (SSSR count). The van der Waals surface area contributed by atoms with E-state index in [4.69, 9.17) is 9.47 Å². The summed E-state index contributed by atoms with van der Waals surface area (Å²) < 4.78 is 11.4. The molecule has 1 aliphatic heterocycles. The Labute approximate surface area is 143 Å². The Bertz CT molecular complexity index is 744. The van der Waals surface area contributed by atoms with Gasteiger partial charge in [0.1, 0.15) is 0 Å². The van der Waals surface area contributed by atoms with Gasteiger partial charge in [-0.2, -0.15) is 0 Å². The number of H-pyrrole nitrogens is 1. The van der Waals surface area contributed by atoms with Crippen LogP contribution in [0, 0.1) is 6.92 Å². The predicted molar refractivity (Wildman–Crippen MR) is 89.2 cm³/mol. The van der Waals surface area contributed by atoms with E-state index in [1.165, 1.54) is 17.4 Å². The molecule has 1 saturated heterocycles. The van der Waals surface area contributed by atoms with Gasteiger partial charge in [0, 0.05) is 29.3 Å². The van der Waals surface area contributed by atoms with Crippen LogP contribution in [0.3, 0.4) is 0 Å². The summed E-state index contributed by atoms with van der Waals surface area (Å²) in [6.45, 7) is 3.13. The molecular weight excluding hydrogens is 330 g/mol. The number of nitrogens with zero attached hydrogens (tertiary/aromatic N) is 1. The molecule has 24 heavy (non-hydrogen) atoms. The minimum absolute atomic E-state index is 0.146. The van der Waals surface area contributed by atoms with Crippen molar-refractivity contribution in [3.8, 4) is 0 Å². The molecule has 0 bridgehead atoms. The monoisotopic (exact) mass is 349 g/mol. The van der Waals surface area contributed by atoms with Crippen LogP contribution in [-0.2, 0) is 16.1 Å². The Kier molecular flexibility index (Phi) is 5.39. The molecule has 0 radical (unpaired) electrons. The van der Waals surface area contributed by atoms with Crippen molar-refractivity contribution in [1.29, 1.82) is 0 Å². The van der Waals surface area contributed by atoms with Crippen LogP contribution in [-0.4, -0.2) is 41.2 Å². The van der Waals surface area contributed by atoms with E-state index < -0.39 is 0 Å². The number of rotatable bonds is 5. The molecule has 0 unspecified atom stereocenters. The minimum atomic E-state index is -0.304. The first-order chi connectivity index (χ1) is 11.6. The number of hydrogen-bond donors (Lipinski definition) is 2. The fourth-order valence-electron chi connectivity index (χ4n) is 2.62. The Morgan fingerprint density at radius 2 is 2.42 bits per heavy atom. The quantitative estimate of drug-likeness (QED) is 0.847. The number of hydrogen-bond acceptors (Lipinski definition) is 6. The van der Waals surface area contributed by atoms with Gasteiger partial charge in [-0.1, -0.05) is 0 Å². The molecule has 7 nitrogen and oxygen atoms in total. The zero-order valence-electron chi connectivity index (χ0n) is 13.3. The second-order valence-corrected chi connectivity index (χ2v) is 6.41. The van der Waals surface area contributed by atoms with Crippen LogP contribution in [0.25, 0.3) is 0 Å². The zero-order valence-corrected chi connectivity index (χ0v) is 14.1. The second kappa shape index (κ2) is 7.69. The van der Waals surface area contributed by atoms with Crippen molar-refractivity contribution in [2.45, 2.75) is 32.1 Å². The number of aromatic nitrogens is 2. The molecule has 2 aromatic rings. The maximum absolute atomic E-state index is 12.4. The third-order valence-corrected chi connectivity index (χ3v) is 4.41. The van der Waals surface area contributed by atoms with E-state index >= 15 is 0 Å². The third kappa shape index (κ3) is 4.28. The predicted octanol–water partition coefficient (Wildman–Crippen LogP) is 1.24. The van der Waals surface area contributed by atoms with E-state index in [9.17, 15) is 9.59 Å². The fourth-order valence-corrected chi connectivity index (χ4v) is 3.16. The number of ether oxygens (including phenoxy) is 2. The summed E-state index contributed by atoms with van der Waals surface area (Å²) in [7, 11) is 0. The van der Waals surface area contributed by atoms with Gasteiger partial charge in [0.05, 0.1) is 36.6 Å². The molecular formula is C16H19N3O4S. The summed E-state index contributed by atoms with van der Waals surface area (Å²) in [5.74, 6) is -0.304. The molecule has 0 aliphatic carbocycles. The van der Waals surface area contributed by atoms with E-state index in [1.807, 2.05) is 5.38 Å². The highest BCUT2D eigenvalue weighted by molar-refractivity contribution is 7.07. The Morgan fingerprint density at radius 3 is 3.17 bits per heavy atom. The molecule has 8 heteroatoms. The van der Waals surface area contributed by atoms with Gasteiger partial charge in [0.2, 0.25) is 5.56 Å². The van der Waals surface area contributed by atoms with Gasteiger partial charge in [-0.3, -0.25) is 9.59 Å². The van der Waals surface area contributed by atoms with Gasteiger partial charge in [-0.15, -0.1) is 11.3 Å². The summed E-state index contributed by atoms with van der Waals surface area (Å²) in [6.07, 6.45) is 0.552. The second-order valence-electron chi connectivity index (χ2n) is 5.69. The molecule has 1 aliphatic rings.